The van der Waals surface area contributed by atoms with Crippen LogP contribution in [0.4, 0.5) is 0 Å². The summed E-state index contributed by atoms with van der Waals surface area (Å²) < 4.78 is 28.4. The fourth-order valence-corrected chi connectivity index (χ4v) is 8.78. The van der Waals surface area contributed by atoms with Gasteiger partial charge in [-0.2, -0.15) is 0 Å². The maximum atomic E-state index is 13.2. The number of hydrogen-bond acceptors (Lipinski definition) is 11. The van der Waals surface area contributed by atoms with Gasteiger partial charge in [0.15, 0.2) is 24.6 Å². The molecule has 83 heavy (non-hydrogen) atoms. The zero-order chi connectivity index (χ0) is 60.3. The normalized spacial score (nSPS) is 18.5. The van der Waals surface area contributed by atoms with Crippen LogP contribution in [-0.4, -0.2) is 89.2 Å². The van der Waals surface area contributed by atoms with Gasteiger partial charge in [0.1, 0.15) is 18.8 Å². The lowest BCUT2D eigenvalue weighted by molar-refractivity contribution is -0.301. The Balaban J connectivity index is 2.75. The van der Waals surface area contributed by atoms with Crippen LogP contribution in [0.1, 0.15) is 239 Å². The summed E-state index contributed by atoms with van der Waals surface area (Å²) in [6.07, 6.45) is 68.4. The molecule has 0 radical (unpaired) electrons. The van der Waals surface area contributed by atoms with Gasteiger partial charge in [-0.3, -0.25) is 14.4 Å². The summed E-state index contributed by atoms with van der Waals surface area (Å²) in [6, 6.07) is 0. The van der Waals surface area contributed by atoms with Crippen molar-refractivity contribution in [3.8, 4) is 0 Å². The molecule has 1 heterocycles. The largest absolute Gasteiger partial charge is 0.479 e. The molecule has 1 saturated heterocycles. The standard InChI is InChI=1S/C71H112O12/c1-4-7-10-13-16-19-22-25-28-30-32-34-37-39-42-45-48-51-54-57-63(72)79-60-62(81-64(73)58-55-52-49-46-43-41-38-35-33-31-29-26-23-20-17-14-11-8-5-2)61-80-71-69(67(76)66(75)68(83-71)70(77)78)82-65(74)59-56-53-50-47-44-40-36-27-24-21-18-15-12-9-6-3/h7,10,16-21,25-29,32-36,39,42,48,51,62,66-69,71,75-76H,4-6,8-9,11-15,22-24,30-31,37-38,40-41,43-47,49-50,52-61H2,1-3H3,(H,77,78)/b10-7-,19-16-,20-17-,21-18-,28-25-,29-26-,34-32-,35-33-,36-27-,42-39-,51-48-. The van der Waals surface area contributed by atoms with Gasteiger partial charge in [0.2, 0.25) is 0 Å². The molecule has 6 unspecified atom stereocenters. The van der Waals surface area contributed by atoms with E-state index in [9.17, 15) is 34.5 Å². The average Bonchev–Trinajstić information content (AvgIpc) is 3.58. The number of hydrogen-bond donors (Lipinski definition) is 3. The number of aliphatic hydroxyl groups excluding tert-OH is 2. The molecule has 0 aromatic heterocycles. The highest BCUT2D eigenvalue weighted by atomic mass is 16.7. The van der Waals surface area contributed by atoms with Crippen molar-refractivity contribution in [2.24, 2.45) is 0 Å². The minimum Gasteiger partial charge on any atom is -0.479 e. The fraction of sp³-hybridized carbons (Fsp3) is 0.634. The van der Waals surface area contributed by atoms with E-state index in [1.165, 1.54) is 44.9 Å². The maximum Gasteiger partial charge on any atom is 0.335 e. The molecule has 468 valence electrons. The molecule has 1 rings (SSSR count). The smallest absolute Gasteiger partial charge is 0.335 e. The summed E-state index contributed by atoms with van der Waals surface area (Å²) in [5.41, 5.74) is 0. The summed E-state index contributed by atoms with van der Waals surface area (Å²) >= 11 is 0. The van der Waals surface area contributed by atoms with Crippen LogP contribution in [0.2, 0.25) is 0 Å². The van der Waals surface area contributed by atoms with Gasteiger partial charge < -0.3 is 39.0 Å². The van der Waals surface area contributed by atoms with Crippen LogP contribution in [0.15, 0.2) is 134 Å². The summed E-state index contributed by atoms with van der Waals surface area (Å²) in [7, 11) is 0. The van der Waals surface area contributed by atoms with E-state index in [2.05, 4.69) is 142 Å². The topological polar surface area (TPSA) is 175 Å². The molecule has 1 aliphatic heterocycles. The first kappa shape index (κ1) is 75.9. The quantitative estimate of drug-likeness (QED) is 0.0228. The van der Waals surface area contributed by atoms with Gasteiger partial charge >= 0.3 is 23.9 Å². The van der Waals surface area contributed by atoms with Crippen LogP contribution in [0.3, 0.4) is 0 Å². The molecule has 1 fully saturated rings. The second-order valence-electron chi connectivity index (χ2n) is 21.3. The van der Waals surface area contributed by atoms with E-state index < -0.39 is 67.3 Å². The second-order valence-corrected chi connectivity index (χ2v) is 21.3. The van der Waals surface area contributed by atoms with Gasteiger partial charge in [-0.25, -0.2) is 4.79 Å². The Hall–Kier alpha value is -5.14. The summed E-state index contributed by atoms with van der Waals surface area (Å²) in [4.78, 5) is 51.3. The van der Waals surface area contributed by atoms with E-state index in [1.807, 2.05) is 12.2 Å². The summed E-state index contributed by atoms with van der Waals surface area (Å²) in [5, 5.41) is 31.6. The fourth-order valence-electron chi connectivity index (χ4n) is 8.78. The Labute approximate surface area is 502 Å². The Kier molecular flexibility index (Phi) is 52.4. The first-order chi connectivity index (χ1) is 40.6. The van der Waals surface area contributed by atoms with E-state index in [0.717, 1.165) is 135 Å². The third-order valence-corrected chi connectivity index (χ3v) is 13.7. The highest BCUT2D eigenvalue weighted by Gasteiger charge is 2.50. The van der Waals surface area contributed by atoms with Crippen molar-refractivity contribution < 1.29 is 58.2 Å². The summed E-state index contributed by atoms with van der Waals surface area (Å²) in [6.45, 7) is 5.75. The molecule has 6 atom stereocenters. The van der Waals surface area contributed by atoms with Gasteiger partial charge in [-0.15, -0.1) is 0 Å². The van der Waals surface area contributed by atoms with E-state index in [4.69, 9.17) is 23.7 Å². The molecule has 1 aliphatic rings. The summed E-state index contributed by atoms with van der Waals surface area (Å²) in [5.74, 6) is -3.28. The highest BCUT2D eigenvalue weighted by Crippen LogP contribution is 2.26. The number of unbranched alkanes of at least 4 members (excludes halogenated alkanes) is 17. The van der Waals surface area contributed by atoms with Crippen molar-refractivity contribution >= 4 is 23.9 Å². The number of esters is 3. The molecule has 0 aromatic carbocycles. The van der Waals surface area contributed by atoms with Gasteiger partial charge in [-0.05, 0) is 128 Å². The van der Waals surface area contributed by atoms with Crippen LogP contribution in [0.25, 0.3) is 0 Å². The second kappa shape index (κ2) is 57.3. The predicted molar refractivity (Wildman–Crippen MR) is 340 cm³/mol. The SMILES string of the molecule is CC/C=C\C/C=C\C/C=C\C/C=C\C/C=C\C/C=C\CCC(=O)OCC(COC1OC(C(=O)O)C(O)C(O)C1OC(=O)CCCCCCC/C=C\C/C=C\CCCCC)OC(=O)CCCCCCCC/C=C\C/C=C\C/C=C\CCCCC. The molecule has 0 amide bonds. The number of allylic oxidation sites excluding steroid dienone is 22. The van der Waals surface area contributed by atoms with Crippen LogP contribution in [-0.2, 0) is 42.9 Å². The Morgan fingerprint density at radius 2 is 0.783 bits per heavy atom. The molecule has 0 aromatic rings. The Bertz CT molecular complexity index is 1950. The molecular weight excluding hydrogens is 1040 g/mol. The van der Waals surface area contributed by atoms with Gasteiger partial charge in [-0.1, -0.05) is 225 Å². The molecule has 3 N–H and O–H groups in total. The minimum atomic E-state index is -1.93. The van der Waals surface area contributed by atoms with E-state index in [0.29, 0.717) is 19.3 Å². The lowest BCUT2D eigenvalue weighted by Gasteiger charge is -2.40. The first-order valence-electron chi connectivity index (χ1n) is 32.2. The monoisotopic (exact) mass is 1160 g/mol. The van der Waals surface area contributed by atoms with E-state index >= 15 is 0 Å². The van der Waals surface area contributed by atoms with Crippen LogP contribution >= 0.6 is 0 Å². The van der Waals surface area contributed by atoms with Crippen molar-refractivity contribution in [1.29, 1.82) is 0 Å². The number of ether oxygens (including phenoxy) is 5. The Morgan fingerprint density at radius 1 is 0.410 bits per heavy atom. The average molecular weight is 1160 g/mol. The van der Waals surface area contributed by atoms with Crippen molar-refractivity contribution in [2.75, 3.05) is 13.2 Å². The number of carbonyl (C=O) groups is 4. The molecule has 0 aliphatic carbocycles. The number of carbonyl (C=O) groups excluding carboxylic acids is 3. The number of carboxylic acids is 1. The highest BCUT2D eigenvalue weighted by molar-refractivity contribution is 5.74. The van der Waals surface area contributed by atoms with Crippen molar-refractivity contribution in [1.82, 2.24) is 0 Å². The van der Waals surface area contributed by atoms with Gasteiger partial charge in [0.25, 0.3) is 0 Å². The maximum absolute atomic E-state index is 13.2. The first-order valence-corrected chi connectivity index (χ1v) is 32.2. The lowest BCUT2D eigenvalue weighted by atomic mass is 9.98. The van der Waals surface area contributed by atoms with Gasteiger partial charge in [0, 0.05) is 19.3 Å². The number of rotatable bonds is 53. The van der Waals surface area contributed by atoms with Crippen molar-refractivity contribution in [2.45, 2.75) is 276 Å². The van der Waals surface area contributed by atoms with Crippen LogP contribution < -0.4 is 0 Å². The molecule has 12 nitrogen and oxygen atoms in total. The molecule has 0 saturated carbocycles. The predicted octanol–water partition coefficient (Wildman–Crippen LogP) is 17.3. The number of carboxylic acid groups (broad SMARTS) is 1. The van der Waals surface area contributed by atoms with Gasteiger partial charge in [0.05, 0.1) is 6.61 Å². The van der Waals surface area contributed by atoms with Crippen molar-refractivity contribution in [3.05, 3.63) is 134 Å². The third kappa shape index (κ3) is 46.9. The zero-order valence-corrected chi connectivity index (χ0v) is 51.6. The van der Waals surface area contributed by atoms with Crippen LogP contribution in [0.5, 0.6) is 0 Å². The number of aliphatic carboxylic acids is 1. The van der Waals surface area contributed by atoms with E-state index in [-0.39, 0.29) is 25.9 Å². The minimum absolute atomic E-state index is 0.0287. The molecule has 0 bridgehead atoms. The molecule has 12 heteroatoms. The number of aliphatic hydroxyl groups is 2. The zero-order valence-electron chi connectivity index (χ0n) is 51.6. The molecular formula is C71H112O12. The van der Waals surface area contributed by atoms with E-state index in [1.54, 1.807) is 0 Å². The van der Waals surface area contributed by atoms with Crippen LogP contribution in [0, 0.1) is 0 Å². The Morgan fingerprint density at radius 3 is 1.20 bits per heavy atom. The van der Waals surface area contributed by atoms with Crippen molar-refractivity contribution in [3.63, 3.8) is 0 Å². The molecule has 0 spiro atoms. The lowest BCUT2D eigenvalue weighted by Crippen LogP contribution is -2.61. The third-order valence-electron chi connectivity index (χ3n) is 13.7.